The lowest BCUT2D eigenvalue weighted by Crippen LogP contribution is -2.09. The molecule has 0 unspecified atom stereocenters. The summed E-state index contributed by atoms with van der Waals surface area (Å²) in [6.07, 6.45) is 6.43. The van der Waals surface area contributed by atoms with Crippen molar-refractivity contribution in [1.82, 2.24) is 15.2 Å². The van der Waals surface area contributed by atoms with Crippen molar-refractivity contribution in [1.29, 1.82) is 0 Å². The number of unbranched alkanes of at least 4 members (excludes halogenated alkanes) is 1. The summed E-state index contributed by atoms with van der Waals surface area (Å²) in [6, 6.07) is 0.567. The van der Waals surface area contributed by atoms with E-state index < -0.39 is 0 Å². The van der Waals surface area contributed by atoms with Gasteiger partial charge in [0.05, 0.1) is 6.20 Å². The minimum atomic E-state index is 0.567. The SMILES string of the molecule is CCCCNc1cnnc(NC2CC2)n1. The van der Waals surface area contributed by atoms with Crippen LogP contribution >= 0.6 is 0 Å². The number of anilines is 2. The Morgan fingerprint density at radius 1 is 1.47 bits per heavy atom. The molecule has 0 radical (unpaired) electrons. The van der Waals surface area contributed by atoms with E-state index in [0.29, 0.717) is 12.0 Å². The Bertz CT molecular complexity index is 310. The first kappa shape index (κ1) is 10.1. The molecule has 5 nitrogen and oxygen atoms in total. The normalized spacial score (nSPS) is 15.0. The Morgan fingerprint density at radius 3 is 3.07 bits per heavy atom. The lowest BCUT2D eigenvalue weighted by Gasteiger charge is -2.05. The number of rotatable bonds is 6. The van der Waals surface area contributed by atoms with Gasteiger partial charge < -0.3 is 10.6 Å². The fourth-order valence-corrected chi connectivity index (χ4v) is 1.25. The van der Waals surface area contributed by atoms with Crippen LogP contribution in [0.4, 0.5) is 11.8 Å². The number of hydrogen-bond acceptors (Lipinski definition) is 5. The predicted molar refractivity (Wildman–Crippen MR) is 59.9 cm³/mol. The van der Waals surface area contributed by atoms with Crippen molar-refractivity contribution in [2.24, 2.45) is 0 Å². The molecule has 1 fully saturated rings. The molecule has 1 aliphatic rings. The maximum absolute atomic E-state index is 4.33. The Labute approximate surface area is 89.7 Å². The zero-order chi connectivity index (χ0) is 10.5. The van der Waals surface area contributed by atoms with Gasteiger partial charge in [-0.15, -0.1) is 5.10 Å². The largest absolute Gasteiger partial charge is 0.369 e. The predicted octanol–water partition coefficient (Wildman–Crippen LogP) is 1.66. The monoisotopic (exact) mass is 207 g/mol. The highest BCUT2D eigenvalue weighted by Gasteiger charge is 2.21. The third kappa shape index (κ3) is 3.34. The Balaban J connectivity index is 1.86. The van der Waals surface area contributed by atoms with Gasteiger partial charge in [-0.2, -0.15) is 10.1 Å². The molecule has 0 atom stereocenters. The summed E-state index contributed by atoms with van der Waals surface area (Å²) in [6.45, 7) is 3.11. The summed E-state index contributed by atoms with van der Waals surface area (Å²) in [5, 5.41) is 14.3. The summed E-state index contributed by atoms with van der Waals surface area (Å²) in [5.41, 5.74) is 0. The van der Waals surface area contributed by atoms with Gasteiger partial charge in [0.25, 0.3) is 0 Å². The smallest absolute Gasteiger partial charge is 0.244 e. The molecular weight excluding hydrogens is 190 g/mol. The second-order valence-corrected chi connectivity index (χ2v) is 3.86. The quantitative estimate of drug-likeness (QED) is 0.694. The fraction of sp³-hybridized carbons (Fsp3) is 0.700. The molecule has 1 heterocycles. The van der Waals surface area contributed by atoms with Gasteiger partial charge in [0, 0.05) is 12.6 Å². The van der Waals surface area contributed by atoms with Crippen LogP contribution in [0.5, 0.6) is 0 Å². The molecule has 0 saturated heterocycles. The molecule has 0 aromatic carbocycles. The molecule has 1 aliphatic carbocycles. The van der Waals surface area contributed by atoms with E-state index in [2.05, 4.69) is 32.7 Å². The minimum Gasteiger partial charge on any atom is -0.369 e. The lowest BCUT2D eigenvalue weighted by atomic mass is 10.3. The first-order chi connectivity index (χ1) is 7.38. The second kappa shape index (κ2) is 4.91. The average Bonchev–Trinajstić information content (AvgIpc) is 3.03. The maximum atomic E-state index is 4.33. The van der Waals surface area contributed by atoms with Crippen LogP contribution in [0.3, 0.4) is 0 Å². The first-order valence-electron chi connectivity index (χ1n) is 5.58. The van der Waals surface area contributed by atoms with Gasteiger partial charge in [-0.3, -0.25) is 0 Å². The topological polar surface area (TPSA) is 62.7 Å². The number of nitrogens with zero attached hydrogens (tertiary/aromatic N) is 3. The molecular formula is C10H17N5. The summed E-state index contributed by atoms with van der Waals surface area (Å²) < 4.78 is 0. The van der Waals surface area contributed by atoms with Crippen molar-refractivity contribution >= 4 is 11.8 Å². The van der Waals surface area contributed by atoms with Crippen molar-refractivity contribution in [2.45, 2.75) is 38.6 Å². The molecule has 5 heteroatoms. The van der Waals surface area contributed by atoms with E-state index in [9.17, 15) is 0 Å². The van der Waals surface area contributed by atoms with Crippen molar-refractivity contribution in [3.05, 3.63) is 6.20 Å². The van der Waals surface area contributed by atoms with Gasteiger partial charge in [0.15, 0.2) is 0 Å². The van der Waals surface area contributed by atoms with Crippen LogP contribution in [0.2, 0.25) is 0 Å². The Morgan fingerprint density at radius 2 is 2.33 bits per heavy atom. The van der Waals surface area contributed by atoms with Crippen LogP contribution in [0, 0.1) is 0 Å². The number of aromatic nitrogens is 3. The van der Waals surface area contributed by atoms with Gasteiger partial charge in [0.1, 0.15) is 5.82 Å². The summed E-state index contributed by atoms with van der Waals surface area (Å²) >= 11 is 0. The van der Waals surface area contributed by atoms with E-state index in [-0.39, 0.29) is 0 Å². The zero-order valence-electron chi connectivity index (χ0n) is 9.03. The Kier molecular flexibility index (Phi) is 3.32. The lowest BCUT2D eigenvalue weighted by molar-refractivity contribution is 0.826. The first-order valence-corrected chi connectivity index (χ1v) is 5.58. The molecule has 82 valence electrons. The van der Waals surface area contributed by atoms with Gasteiger partial charge >= 0.3 is 0 Å². The van der Waals surface area contributed by atoms with Gasteiger partial charge in [-0.1, -0.05) is 13.3 Å². The third-order valence-electron chi connectivity index (χ3n) is 2.31. The average molecular weight is 207 g/mol. The number of hydrogen-bond donors (Lipinski definition) is 2. The summed E-state index contributed by atoms with van der Waals surface area (Å²) in [4.78, 5) is 4.33. The third-order valence-corrected chi connectivity index (χ3v) is 2.31. The van der Waals surface area contributed by atoms with Gasteiger partial charge in [-0.25, -0.2) is 0 Å². The molecule has 2 N–H and O–H groups in total. The van der Waals surface area contributed by atoms with Crippen molar-refractivity contribution < 1.29 is 0 Å². The van der Waals surface area contributed by atoms with E-state index in [1.165, 1.54) is 19.3 Å². The van der Waals surface area contributed by atoms with Crippen molar-refractivity contribution in [3.8, 4) is 0 Å². The Hall–Kier alpha value is -1.39. The highest BCUT2D eigenvalue weighted by Crippen LogP contribution is 2.22. The molecule has 0 spiro atoms. The van der Waals surface area contributed by atoms with E-state index in [1.807, 2.05) is 0 Å². The van der Waals surface area contributed by atoms with Crippen molar-refractivity contribution in [3.63, 3.8) is 0 Å². The fourth-order valence-electron chi connectivity index (χ4n) is 1.25. The van der Waals surface area contributed by atoms with E-state index in [4.69, 9.17) is 0 Å². The molecule has 1 saturated carbocycles. The zero-order valence-corrected chi connectivity index (χ0v) is 9.03. The maximum Gasteiger partial charge on any atom is 0.244 e. The van der Waals surface area contributed by atoms with Crippen LogP contribution in [0.25, 0.3) is 0 Å². The molecule has 15 heavy (non-hydrogen) atoms. The highest BCUT2D eigenvalue weighted by atomic mass is 15.3. The second-order valence-electron chi connectivity index (χ2n) is 3.86. The molecule has 0 bridgehead atoms. The van der Waals surface area contributed by atoms with Gasteiger partial charge in [-0.05, 0) is 19.3 Å². The molecule has 2 rings (SSSR count). The van der Waals surface area contributed by atoms with Crippen LogP contribution in [0.15, 0.2) is 6.20 Å². The minimum absolute atomic E-state index is 0.567. The number of nitrogens with one attached hydrogen (secondary N) is 2. The van der Waals surface area contributed by atoms with Crippen LogP contribution in [-0.4, -0.2) is 27.8 Å². The molecule has 1 aromatic heterocycles. The summed E-state index contributed by atoms with van der Waals surface area (Å²) in [5.74, 6) is 1.44. The molecule has 1 aromatic rings. The van der Waals surface area contributed by atoms with Crippen LogP contribution in [-0.2, 0) is 0 Å². The van der Waals surface area contributed by atoms with Crippen molar-refractivity contribution in [2.75, 3.05) is 17.2 Å². The standard InChI is InChI=1S/C10H17N5/c1-2-3-6-11-9-7-12-15-10(14-9)13-8-4-5-8/h7-8H,2-6H2,1H3,(H2,11,13,14,15). The van der Waals surface area contributed by atoms with Gasteiger partial charge in [0.2, 0.25) is 5.95 Å². The van der Waals surface area contributed by atoms with E-state index in [1.54, 1.807) is 6.20 Å². The summed E-state index contributed by atoms with van der Waals surface area (Å²) in [7, 11) is 0. The van der Waals surface area contributed by atoms with Crippen LogP contribution in [0.1, 0.15) is 32.6 Å². The molecule has 0 aliphatic heterocycles. The van der Waals surface area contributed by atoms with Crippen LogP contribution < -0.4 is 10.6 Å². The molecule has 0 amide bonds. The highest BCUT2D eigenvalue weighted by molar-refractivity contribution is 5.37. The van der Waals surface area contributed by atoms with E-state index in [0.717, 1.165) is 18.8 Å². The van der Waals surface area contributed by atoms with E-state index >= 15 is 0 Å².